The molecule has 1 aromatic heterocycles. The topological polar surface area (TPSA) is 62.3 Å². The van der Waals surface area contributed by atoms with Crippen LogP contribution in [0, 0.1) is 0 Å². The van der Waals surface area contributed by atoms with Crippen LogP contribution in [0.25, 0.3) is 0 Å². The molecule has 0 saturated carbocycles. The molecule has 1 N–H and O–H groups in total. The molecule has 0 spiro atoms. The number of amides is 2. The van der Waals surface area contributed by atoms with Crippen LogP contribution >= 0.6 is 23.2 Å². The first-order valence-electron chi connectivity index (χ1n) is 4.29. The number of carbonyl (C=O) groups excluding carboxylic acids is 2. The Hall–Kier alpha value is -1.33. The summed E-state index contributed by atoms with van der Waals surface area (Å²) in [5.74, 6) is -0.375. The summed E-state index contributed by atoms with van der Waals surface area (Å²) in [6.07, 6.45) is 0.604. The summed E-state index contributed by atoms with van der Waals surface area (Å²) >= 11 is 11.3. The average Bonchev–Trinajstić information content (AvgIpc) is 2.23. The normalized spacial score (nSPS) is 9.69. The van der Waals surface area contributed by atoms with Crippen LogP contribution in [0.1, 0.15) is 10.4 Å². The third kappa shape index (κ3) is 3.67. The number of carbonyl (C=O) groups is 2. The minimum atomic E-state index is -0.375. The third-order valence-corrected chi connectivity index (χ3v) is 2.08. The summed E-state index contributed by atoms with van der Waals surface area (Å²) in [5, 5.41) is 2.80. The average molecular weight is 262 g/mol. The zero-order chi connectivity index (χ0) is 12.1. The van der Waals surface area contributed by atoms with Gasteiger partial charge in [-0.1, -0.05) is 23.2 Å². The Balaban J connectivity index is 2.69. The van der Waals surface area contributed by atoms with Gasteiger partial charge in [0.15, 0.2) is 0 Å². The Bertz CT molecular complexity index is 391. The largest absolute Gasteiger partial charge is 0.334 e. The molecule has 0 bridgehead atoms. The molecule has 86 valence electrons. The second-order valence-corrected chi connectivity index (χ2v) is 3.80. The molecule has 1 aromatic rings. The maximum absolute atomic E-state index is 11.6. The fraction of sp³-hybridized carbons (Fsp3) is 0.222. The van der Waals surface area contributed by atoms with Gasteiger partial charge in [0.2, 0.25) is 6.41 Å². The van der Waals surface area contributed by atoms with Crippen molar-refractivity contribution in [2.24, 2.45) is 0 Å². The van der Waals surface area contributed by atoms with E-state index in [4.69, 9.17) is 23.2 Å². The van der Waals surface area contributed by atoms with Gasteiger partial charge in [-0.2, -0.15) is 0 Å². The molecule has 1 heterocycles. The minimum Gasteiger partial charge on any atom is -0.334 e. The number of aromatic nitrogens is 1. The molecule has 2 amide bonds. The van der Waals surface area contributed by atoms with Crippen LogP contribution in [0.4, 0.5) is 0 Å². The number of halogens is 2. The van der Waals surface area contributed by atoms with Crippen LogP contribution in [0.15, 0.2) is 12.1 Å². The molecular weight excluding hydrogens is 253 g/mol. The predicted molar refractivity (Wildman–Crippen MR) is 60.4 cm³/mol. The highest BCUT2D eigenvalue weighted by atomic mass is 35.5. The number of nitrogens with zero attached hydrogens (tertiary/aromatic N) is 2. The van der Waals surface area contributed by atoms with E-state index in [1.165, 1.54) is 17.0 Å². The van der Waals surface area contributed by atoms with Crippen LogP contribution in [0.2, 0.25) is 10.3 Å². The molecule has 16 heavy (non-hydrogen) atoms. The van der Waals surface area contributed by atoms with Crippen LogP contribution in [-0.4, -0.2) is 35.9 Å². The van der Waals surface area contributed by atoms with Crippen LogP contribution in [0.5, 0.6) is 0 Å². The van der Waals surface area contributed by atoms with Crippen LogP contribution in [0.3, 0.4) is 0 Å². The van der Waals surface area contributed by atoms with E-state index >= 15 is 0 Å². The minimum absolute atomic E-state index is 0.111. The molecule has 1 rings (SSSR count). The second-order valence-electron chi connectivity index (χ2n) is 3.03. The maximum Gasteiger partial charge on any atom is 0.252 e. The third-order valence-electron chi connectivity index (χ3n) is 1.69. The first-order valence-corrected chi connectivity index (χ1v) is 5.05. The molecule has 0 unspecified atom stereocenters. The summed E-state index contributed by atoms with van der Waals surface area (Å²) < 4.78 is 0. The smallest absolute Gasteiger partial charge is 0.252 e. The van der Waals surface area contributed by atoms with Gasteiger partial charge in [-0.05, 0) is 12.1 Å². The first-order chi connectivity index (χ1) is 7.52. The molecule has 0 radical (unpaired) electrons. The predicted octanol–water partition coefficient (Wildman–Crippen LogP) is 1.16. The summed E-state index contributed by atoms with van der Waals surface area (Å²) in [4.78, 5) is 26.8. The van der Waals surface area contributed by atoms with Crippen molar-refractivity contribution in [3.8, 4) is 0 Å². The maximum atomic E-state index is 11.6. The quantitative estimate of drug-likeness (QED) is 0.503. The SMILES string of the molecule is CN(C=O)CNC(=O)c1cc(Cl)nc(Cl)c1. The van der Waals surface area contributed by atoms with E-state index in [-0.39, 0.29) is 22.9 Å². The molecule has 5 nitrogen and oxygen atoms in total. The highest BCUT2D eigenvalue weighted by Crippen LogP contribution is 2.14. The number of rotatable bonds is 4. The molecular formula is C9H9Cl2N3O2. The first kappa shape index (κ1) is 12.7. The van der Waals surface area contributed by atoms with Crippen molar-refractivity contribution in [1.82, 2.24) is 15.2 Å². The van der Waals surface area contributed by atoms with Gasteiger partial charge in [0.05, 0.1) is 6.67 Å². The van der Waals surface area contributed by atoms with Crippen molar-refractivity contribution in [1.29, 1.82) is 0 Å². The molecule has 0 aliphatic heterocycles. The van der Waals surface area contributed by atoms with Gasteiger partial charge >= 0.3 is 0 Å². The fourth-order valence-corrected chi connectivity index (χ4v) is 1.39. The van der Waals surface area contributed by atoms with E-state index in [0.29, 0.717) is 12.0 Å². The van der Waals surface area contributed by atoms with E-state index in [2.05, 4.69) is 10.3 Å². The van der Waals surface area contributed by atoms with E-state index in [1.54, 1.807) is 7.05 Å². The standard InChI is InChI=1S/C9H9Cl2N3O2/c1-14(5-15)4-12-9(16)6-2-7(10)13-8(11)3-6/h2-3,5H,4H2,1H3,(H,12,16). The van der Waals surface area contributed by atoms with E-state index in [0.717, 1.165) is 0 Å². The van der Waals surface area contributed by atoms with Gasteiger partial charge in [0, 0.05) is 12.6 Å². The highest BCUT2D eigenvalue weighted by molar-refractivity contribution is 6.33. The monoisotopic (exact) mass is 261 g/mol. The summed E-state index contributed by atoms with van der Waals surface area (Å²) in [5.41, 5.74) is 0.296. The number of hydrogen-bond acceptors (Lipinski definition) is 3. The molecule has 0 aliphatic carbocycles. The van der Waals surface area contributed by atoms with Gasteiger partial charge in [-0.3, -0.25) is 9.59 Å². The lowest BCUT2D eigenvalue weighted by molar-refractivity contribution is -0.117. The van der Waals surface area contributed by atoms with E-state index < -0.39 is 0 Å². The molecule has 0 atom stereocenters. The van der Waals surface area contributed by atoms with Crippen molar-refractivity contribution >= 4 is 35.5 Å². The van der Waals surface area contributed by atoms with Gasteiger partial charge in [0.25, 0.3) is 5.91 Å². The highest BCUT2D eigenvalue weighted by Gasteiger charge is 2.08. The molecule has 0 fully saturated rings. The lowest BCUT2D eigenvalue weighted by atomic mass is 10.2. The van der Waals surface area contributed by atoms with E-state index in [1.807, 2.05) is 0 Å². The number of hydrogen-bond donors (Lipinski definition) is 1. The van der Waals surface area contributed by atoms with Gasteiger partial charge in [0.1, 0.15) is 10.3 Å². The lowest BCUT2D eigenvalue weighted by Gasteiger charge is -2.11. The Morgan fingerprint density at radius 2 is 2.06 bits per heavy atom. The summed E-state index contributed by atoms with van der Waals surface area (Å²) in [7, 11) is 1.54. The summed E-state index contributed by atoms with van der Waals surface area (Å²) in [6, 6.07) is 2.79. The zero-order valence-electron chi connectivity index (χ0n) is 8.41. The Labute approximate surface area is 102 Å². The lowest BCUT2D eigenvalue weighted by Crippen LogP contribution is -2.34. The molecule has 0 saturated heterocycles. The second kappa shape index (κ2) is 5.67. The Kier molecular flexibility index (Phi) is 4.52. The van der Waals surface area contributed by atoms with Gasteiger partial charge in [-0.15, -0.1) is 0 Å². The summed E-state index contributed by atoms with van der Waals surface area (Å²) in [6.45, 7) is 0.111. The Morgan fingerprint density at radius 3 is 2.56 bits per heavy atom. The van der Waals surface area contributed by atoms with Crippen molar-refractivity contribution in [2.45, 2.75) is 0 Å². The van der Waals surface area contributed by atoms with Crippen molar-refractivity contribution in [2.75, 3.05) is 13.7 Å². The van der Waals surface area contributed by atoms with Crippen LogP contribution < -0.4 is 5.32 Å². The fourth-order valence-electron chi connectivity index (χ4n) is 0.932. The Morgan fingerprint density at radius 1 is 1.50 bits per heavy atom. The van der Waals surface area contributed by atoms with Gasteiger partial charge < -0.3 is 10.2 Å². The zero-order valence-corrected chi connectivity index (χ0v) is 9.92. The van der Waals surface area contributed by atoms with Crippen molar-refractivity contribution in [3.05, 3.63) is 28.0 Å². The van der Waals surface area contributed by atoms with Crippen molar-refractivity contribution in [3.63, 3.8) is 0 Å². The molecule has 0 aliphatic rings. The van der Waals surface area contributed by atoms with Gasteiger partial charge in [-0.25, -0.2) is 4.98 Å². The van der Waals surface area contributed by atoms with Crippen molar-refractivity contribution < 1.29 is 9.59 Å². The molecule has 7 heteroatoms. The molecule has 0 aromatic carbocycles. The van der Waals surface area contributed by atoms with Crippen LogP contribution in [-0.2, 0) is 4.79 Å². The van der Waals surface area contributed by atoms with E-state index in [9.17, 15) is 9.59 Å². The number of nitrogens with one attached hydrogen (secondary N) is 1. The number of pyridine rings is 1.